The molecule has 3 saturated carbocycles. The molecule has 0 saturated heterocycles. The average Bonchev–Trinajstić information content (AvgIpc) is 2.93. The van der Waals surface area contributed by atoms with Crippen LogP contribution in [-0.4, -0.2) is 28.9 Å². The van der Waals surface area contributed by atoms with Crippen molar-refractivity contribution in [3.8, 4) is 0 Å². The van der Waals surface area contributed by atoms with Crippen LogP contribution in [0.25, 0.3) is 0 Å². The normalized spacial score (nSPS) is 34.3. The highest BCUT2D eigenvalue weighted by Crippen LogP contribution is 2.69. The van der Waals surface area contributed by atoms with Gasteiger partial charge in [-0.15, -0.1) is 0 Å². The van der Waals surface area contributed by atoms with E-state index in [1.807, 2.05) is 11.9 Å². The van der Waals surface area contributed by atoms with Crippen LogP contribution in [0.15, 0.2) is 24.3 Å². The molecule has 4 rings (SSSR count). The fourth-order valence-corrected chi connectivity index (χ4v) is 5.01. The fourth-order valence-electron chi connectivity index (χ4n) is 5.01. The first kappa shape index (κ1) is 13.8. The minimum Gasteiger partial charge on any atom is -0.478 e. The Bertz CT molecular complexity index is 608. The number of hydrogen-bond donors (Lipinski definition) is 1. The maximum atomic E-state index is 12.6. The van der Waals surface area contributed by atoms with E-state index in [0.29, 0.717) is 18.4 Å². The van der Waals surface area contributed by atoms with Crippen LogP contribution >= 0.6 is 0 Å². The van der Waals surface area contributed by atoms with E-state index in [9.17, 15) is 9.59 Å². The summed E-state index contributed by atoms with van der Waals surface area (Å²) in [7, 11) is 1.86. The number of benzene rings is 1. The van der Waals surface area contributed by atoms with Crippen LogP contribution in [0.2, 0.25) is 0 Å². The molecule has 3 aliphatic carbocycles. The highest BCUT2D eigenvalue weighted by atomic mass is 16.4. The quantitative estimate of drug-likeness (QED) is 0.930. The lowest BCUT2D eigenvalue weighted by molar-refractivity contribution is -0.132. The summed E-state index contributed by atoms with van der Waals surface area (Å²) in [6.45, 7) is 0.560. The molecule has 116 valence electrons. The predicted octanol–water partition coefficient (Wildman–Crippen LogP) is 2.64. The van der Waals surface area contributed by atoms with E-state index in [-0.39, 0.29) is 17.4 Å². The maximum absolute atomic E-state index is 12.6. The molecule has 1 aromatic carbocycles. The molecule has 1 aromatic rings. The number of carbonyl (C=O) groups excluding carboxylic acids is 1. The zero-order chi connectivity index (χ0) is 15.4. The van der Waals surface area contributed by atoms with E-state index < -0.39 is 5.97 Å². The Morgan fingerprint density at radius 3 is 2.27 bits per heavy atom. The molecule has 4 heteroatoms. The SMILES string of the molecule is CN(Cc1ccc(C(=O)O)cc1)C(=O)C1[C@H]2[C@H]3CC[C@@H](C3)[C@H]12. The van der Waals surface area contributed by atoms with Gasteiger partial charge in [-0.2, -0.15) is 0 Å². The number of carboxylic acid groups (broad SMARTS) is 1. The molecule has 0 unspecified atom stereocenters. The van der Waals surface area contributed by atoms with Crippen molar-refractivity contribution in [3.63, 3.8) is 0 Å². The van der Waals surface area contributed by atoms with Gasteiger partial charge in [-0.05, 0) is 60.6 Å². The molecule has 1 amide bonds. The van der Waals surface area contributed by atoms with Crippen molar-refractivity contribution in [3.05, 3.63) is 35.4 Å². The molecule has 0 aliphatic heterocycles. The summed E-state index contributed by atoms with van der Waals surface area (Å²) in [5, 5.41) is 8.91. The van der Waals surface area contributed by atoms with Crippen LogP contribution in [0.4, 0.5) is 0 Å². The third-order valence-corrected chi connectivity index (χ3v) is 6.02. The van der Waals surface area contributed by atoms with E-state index in [0.717, 1.165) is 17.4 Å². The lowest BCUT2D eigenvalue weighted by Gasteiger charge is -2.19. The second-order valence-electron chi connectivity index (χ2n) is 7.21. The van der Waals surface area contributed by atoms with Crippen molar-refractivity contribution >= 4 is 11.9 Å². The summed E-state index contributed by atoms with van der Waals surface area (Å²) in [5.41, 5.74) is 1.26. The molecular weight excluding hydrogens is 278 g/mol. The monoisotopic (exact) mass is 299 g/mol. The Morgan fingerprint density at radius 2 is 1.73 bits per heavy atom. The lowest BCUT2D eigenvalue weighted by atomic mass is 10.0. The van der Waals surface area contributed by atoms with E-state index in [1.54, 1.807) is 24.3 Å². The third kappa shape index (κ3) is 2.04. The number of aromatic carboxylic acids is 1. The second kappa shape index (κ2) is 4.83. The maximum Gasteiger partial charge on any atom is 0.335 e. The average molecular weight is 299 g/mol. The van der Waals surface area contributed by atoms with Crippen molar-refractivity contribution in [2.45, 2.75) is 25.8 Å². The van der Waals surface area contributed by atoms with E-state index in [1.165, 1.54) is 19.3 Å². The molecule has 0 spiro atoms. The minimum absolute atomic E-state index is 0.273. The summed E-state index contributed by atoms with van der Waals surface area (Å²) < 4.78 is 0. The van der Waals surface area contributed by atoms with Gasteiger partial charge in [0.2, 0.25) is 5.91 Å². The number of fused-ring (bicyclic) bond motifs is 5. The molecule has 1 N–H and O–H groups in total. The number of carbonyl (C=O) groups is 2. The van der Waals surface area contributed by atoms with Crippen molar-refractivity contribution in [1.29, 1.82) is 0 Å². The second-order valence-corrected chi connectivity index (χ2v) is 7.21. The Kier molecular flexibility index (Phi) is 3.03. The summed E-state index contributed by atoms with van der Waals surface area (Å²) in [6.07, 6.45) is 4.02. The summed E-state index contributed by atoms with van der Waals surface area (Å²) in [4.78, 5) is 25.3. The summed E-state index contributed by atoms with van der Waals surface area (Å²) in [5.74, 6) is 2.60. The van der Waals surface area contributed by atoms with Gasteiger partial charge in [0.15, 0.2) is 0 Å². The molecule has 4 nitrogen and oxygen atoms in total. The number of hydrogen-bond acceptors (Lipinski definition) is 2. The number of nitrogens with zero attached hydrogens (tertiary/aromatic N) is 1. The van der Waals surface area contributed by atoms with Crippen LogP contribution in [0.3, 0.4) is 0 Å². The third-order valence-electron chi connectivity index (χ3n) is 6.02. The van der Waals surface area contributed by atoms with Crippen molar-refractivity contribution in [1.82, 2.24) is 4.90 Å². The minimum atomic E-state index is -0.919. The fraction of sp³-hybridized carbons (Fsp3) is 0.556. The number of amides is 1. The van der Waals surface area contributed by atoms with Crippen LogP contribution in [0.5, 0.6) is 0 Å². The molecule has 3 aliphatic rings. The summed E-state index contributed by atoms with van der Waals surface area (Å²) in [6, 6.07) is 6.79. The Labute approximate surface area is 130 Å². The highest BCUT2D eigenvalue weighted by molar-refractivity contribution is 5.87. The standard InChI is InChI=1S/C18H21NO3/c1-19(9-10-2-4-11(5-3-10)18(21)22)17(20)16-14-12-6-7-13(8-12)15(14)16/h2-5,12-16H,6-9H2,1H3,(H,21,22)/t12-,13-,14-,15-/m0/s1. The van der Waals surface area contributed by atoms with E-state index in [2.05, 4.69) is 0 Å². The van der Waals surface area contributed by atoms with Crippen molar-refractivity contribution < 1.29 is 14.7 Å². The van der Waals surface area contributed by atoms with Gasteiger partial charge in [0.05, 0.1) is 5.56 Å². The van der Waals surface area contributed by atoms with Crippen molar-refractivity contribution in [2.24, 2.45) is 29.6 Å². The largest absolute Gasteiger partial charge is 0.478 e. The zero-order valence-corrected chi connectivity index (χ0v) is 12.7. The number of rotatable bonds is 4. The molecule has 2 bridgehead atoms. The topological polar surface area (TPSA) is 57.6 Å². The first-order valence-electron chi connectivity index (χ1n) is 8.13. The molecular formula is C18H21NO3. The predicted molar refractivity (Wildman–Crippen MR) is 81.2 cm³/mol. The van der Waals surface area contributed by atoms with E-state index in [4.69, 9.17) is 5.11 Å². The molecule has 4 atom stereocenters. The molecule has 0 aromatic heterocycles. The van der Waals surface area contributed by atoms with Gasteiger partial charge >= 0.3 is 5.97 Å². The molecule has 3 fully saturated rings. The summed E-state index contributed by atoms with van der Waals surface area (Å²) >= 11 is 0. The van der Waals surface area contributed by atoms with E-state index >= 15 is 0 Å². The molecule has 0 heterocycles. The highest BCUT2D eigenvalue weighted by Gasteiger charge is 2.67. The molecule has 0 radical (unpaired) electrons. The van der Waals surface area contributed by atoms with Gasteiger partial charge < -0.3 is 10.0 Å². The van der Waals surface area contributed by atoms with Gasteiger partial charge in [-0.25, -0.2) is 4.79 Å². The first-order chi connectivity index (χ1) is 10.6. The Balaban J connectivity index is 1.39. The van der Waals surface area contributed by atoms with Crippen molar-refractivity contribution in [2.75, 3.05) is 7.05 Å². The Morgan fingerprint density at radius 1 is 1.14 bits per heavy atom. The van der Waals surface area contributed by atoms with Crippen LogP contribution in [0.1, 0.15) is 35.2 Å². The van der Waals surface area contributed by atoms with Crippen LogP contribution in [0, 0.1) is 29.6 Å². The van der Waals surface area contributed by atoms with Gasteiger partial charge in [0.1, 0.15) is 0 Å². The first-order valence-corrected chi connectivity index (χ1v) is 8.13. The van der Waals surface area contributed by atoms with Crippen LogP contribution < -0.4 is 0 Å². The van der Waals surface area contributed by atoms with Crippen LogP contribution in [-0.2, 0) is 11.3 Å². The van der Waals surface area contributed by atoms with Gasteiger partial charge in [0, 0.05) is 19.5 Å². The smallest absolute Gasteiger partial charge is 0.335 e. The van der Waals surface area contributed by atoms with Gasteiger partial charge in [-0.3, -0.25) is 4.79 Å². The lowest BCUT2D eigenvalue weighted by Crippen LogP contribution is -2.29. The number of carboxylic acids is 1. The Hall–Kier alpha value is -1.84. The molecule has 22 heavy (non-hydrogen) atoms. The van der Waals surface area contributed by atoms with Gasteiger partial charge in [0.25, 0.3) is 0 Å². The zero-order valence-electron chi connectivity index (χ0n) is 12.7. The van der Waals surface area contributed by atoms with Gasteiger partial charge in [-0.1, -0.05) is 12.1 Å².